The Balaban J connectivity index is 1.77. The quantitative estimate of drug-likeness (QED) is 0.816. The van der Waals surface area contributed by atoms with Crippen LogP contribution >= 0.6 is 0 Å². The third-order valence-electron chi connectivity index (χ3n) is 5.14. The molecule has 1 aromatic rings. The van der Waals surface area contributed by atoms with Crippen LogP contribution in [0.1, 0.15) is 32.3 Å². The summed E-state index contributed by atoms with van der Waals surface area (Å²) in [5, 5.41) is 0. The Morgan fingerprint density at radius 1 is 1.00 bits per heavy atom. The van der Waals surface area contributed by atoms with E-state index in [1.165, 1.54) is 0 Å². The summed E-state index contributed by atoms with van der Waals surface area (Å²) in [5.74, 6) is -0.00167. The number of piperazine rings is 1. The lowest BCUT2D eigenvalue weighted by atomic mass is 10.1. The molecule has 0 unspecified atom stereocenters. The van der Waals surface area contributed by atoms with Crippen molar-refractivity contribution in [3.63, 3.8) is 0 Å². The highest BCUT2D eigenvalue weighted by Crippen LogP contribution is 2.29. The zero-order valence-corrected chi connectivity index (χ0v) is 14.9. The van der Waals surface area contributed by atoms with Crippen LogP contribution in [0.25, 0.3) is 0 Å². The van der Waals surface area contributed by atoms with Gasteiger partial charge >= 0.3 is 0 Å². The number of fused-ring (bicyclic) bond motifs is 1. The molecule has 134 valence electrons. The lowest BCUT2D eigenvalue weighted by Crippen LogP contribution is -2.56. The van der Waals surface area contributed by atoms with Gasteiger partial charge in [-0.15, -0.1) is 0 Å². The molecular weight excluding hydrogens is 318 g/mol. The topological polar surface area (TPSA) is 60.9 Å². The fourth-order valence-corrected chi connectivity index (χ4v) is 3.68. The van der Waals surface area contributed by atoms with Gasteiger partial charge in [-0.1, -0.05) is 18.2 Å². The van der Waals surface area contributed by atoms with Gasteiger partial charge in [0.25, 0.3) is 0 Å². The summed E-state index contributed by atoms with van der Waals surface area (Å²) in [7, 11) is 0. The zero-order chi connectivity index (χ0) is 18.0. The van der Waals surface area contributed by atoms with Gasteiger partial charge < -0.3 is 9.80 Å². The van der Waals surface area contributed by atoms with E-state index in [1.54, 1.807) is 28.5 Å². The number of rotatable bonds is 2. The van der Waals surface area contributed by atoms with Gasteiger partial charge in [0.05, 0.1) is 0 Å². The van der Waals surface area contributed by atoms with Gasteiger partial charge in [-0.2, -0.15) is 0 Å². The van der Waals surface area contributed by atoms with Gasteiger partial charge in [0.1, 0.15) is 6.04 Å². The van der Waals surface area contributed by atoms with Crippen molar-refractivity contribution >= 4 is 23.4 Å². The number of amides is 3. The Kier molecular flexibility index (Phi) is 5.06. The predicted octanol–water partition coefficient (Wildman–Crippen LogP) is 1.44. The summed E-state index contributed by atoms with van der Waals surface area (Å²) in [6.07, 6.45) is 2.13. The van der Waals surface area contributed by atoms with E-state index in [-0.39, 0.29) is 17.7 Å². The number of hydrogen-bond acceptors (Lipinski definition) is 3. The maximum atomic E-state index is 13.0. The van der Waals surface area contributed by atoms with Crippen molar-refractivity contribution in [1.29, 1.82) is 0 Å². The van der Waals surface area contributed by atoms with E-state index in [4.69, 9.17) is 0 Å². The van der Waals surface area contributed by atoms with Crippen LogP contribution in [0.15, 0.2) is 24.3 Å². The van der Waals surface area contributed by atoms with E-state index >= 15 is 0 Å². The number of carbonyl (C=O) groups excluding carboxylic acids is 3. The first-order chi connectivity index (χ1) is 12.0. The van der Waals surface area contributed by atoms with Crippen LogP contribution in [0, 0.1) is 0 Å². The molecule has 1 saturated heterocycles. The molecular formula is C19H25N3O3. The standard InChI is InChI=1S/C19H25N3O3/c1-14(19(25)21-12-10-20(11-13-21)15(2)23)22-17-8-4-3-6-16(17)7-5-9-18(22)24/h3-4,6,8,14H,5,7,9-13H2,1-2H3/t14-/m0/s1. The smallest absolute Gasteiger partial charge is 0.245 e. The van der Waals surface area contributed by atoms with Crippen LogP contribution < -0.4 is 4.90 Å². The summed E-state index contributed by atoms with van der Waals surface area (Å²) in [4.78, 5) is 42.3. The molecule has 0 aliphatic carbocycles. The summed E-state index contributed by atoms with van der Waals surface area (Å²) < 4.78 is 0. The predicted molar refractivity (Wildman–Crippen MR) is 95.2 cm³/mol. The molecule has 2 heterocycles. The van der Waals surface area contributed by atoms with Crippen molar-refractivity contribution in [2.24, 2.45) is 0 Å². The number of hydrogen-bond donors (Lipinski definition) is 0. The van der Waals surface area contributed by atoms with Gasteiger partial charge in [0.2, 0.25) is 17.7 Å². The third-order valence-corrected chi connectivity index (χ3v) is 5.14. The van der Waals surface area contributed by atoms with Crippen LogP contribution in [0.5, 0.6) is 0 Å². The average molecular weight is 343 g/mol. The highest BCUT2D eigenvalue weighted by Gasteiger charge is 2.34. The van der Waals surface area contributed by atoms with Gasteiger partial charge in [-0.3, -0.25) is 19.3 Å². The highest BCUT2D eigenvalue weighted by atomic mass is 16.2. The Labute approximate surface area is 148 Å². The second-order valence-electron chi connectivity index (χ2n) is 6.75. The Bertz CT molecular complexity index is 680. The number of para-hydroxylation sites is 1. The molecule has 0 aromatic heterocycles. The maximum Gasteiger partial charge on any atom is 0.245 e. The second-order valence-corrected chi connectivity index (χ2v) is 6.75. The van der Waals surface area contributed by atoms with E-state index in [9.17, 15) is 14.4 Å². The first kappa shape index (κ1) is 17.5. The molecule has 3 rings (SSSR count). The normalized spacial score (nSPS) is 19.3. The first-order valence-corrected chi connectivity index (χ1v) is 8.93. The fraction of sp³-hybridized carbons (Fsp3) is 0.526. The Hall–Kier alpha value is -2.37. The molecule has 25 heavy (non-hydrogen) atoms. The number of aryl methyl sites for hydroxylation is 1. The molecule has 3 amide bonds. The monoisotopic (exact) mass is 343 g/mol. The summed E-state index contributed by atoms with van der Waals surface area (Å²) in [5.41, 5.74) is 1.97. The molecule has 0 spiro atoms. The number of nitrogens with zero attached hydrogens (tertiary/aromatic N) is 3. The summed E-state index contributed by atoms with van der Waals surface area (Å²) in [6.45, 7) is 5.50. The van der Waals surface area contributed by atoms with Crippen molar-refractivity contribution in [3.8, 4) is 0 Å². The molecule has 0 N–H and O–H groups in total. The minimum Gasteiger partial charge on any atom is -0.339 e. The van der Waals surface area contributed by atoms with E-state index in [0.29, 0.717) is 32.6 Å². The highest BCUT2D eigenvalue weighted by molar-refractivity contribution is 6.01. The van der Waals surface area contributed by atoms with E-state index in [2.05, 4.69) is 0 Å². The lowest BCUT2D eigenvalue weighted by Gasteiger charge is -2.38. The van der Waals surface area contributed by atoms with Crippen LogP contribution in [-0.4, -0.2) is 59.7 Å². The number of anilines is 1. The minimum absolute atomic E-state index is 0.00757. The Morgan fingerprint density at radius 3 is 2.32 bits per heavy atom. The number of carbonyl (C=O) groups is 3. The second kappa shape index (κ2) is 7.25. The van der Waals surface area contributed by atoms with Gasteiger partial charge in [-0.25, -0.2) is 0 Å². The molecule has 1 aromatic carbocycles. The number of benzene rings is 1. The van der Waals surface area contributed by atoms with Crippen molar-refractivity contribution in [3.05, 3.63) is 29.8 Å². The van der Waals surface area contributed by atoms with Crippen LogP contribution in [0.3, 0.4) is 0 Å². The van der Waals surface area contributed by atoms with Crippen LogP contribution in [-0.2, 0) is 20.8 Å². The average Bonchev–Trinajstić information content (AvgIpc) is 2.78. The van der Waals surface area contributed by atoms with Crippen molar-refractivity contribution < 1.29 is 14.4 Å². The first-order valence-electron chi connectivity index (χ1n) is 8.93. The van der Waals surface area contributed by atoms with Crippen molar-refractivity contribution in [1.82, 2.24) is 9.80 Å². The molecule has 0 saturated carbocycles. The van der Waals surface area contributed by atoms with Crippen LogP contribution in [0.4, 0.5) is 5.69 Å². The lowest BCUT2D eigenvalue weighted by molar-refractivity contribution is -0.139. The Morgan fingerprint density at radius 2 is 1.64 bits per heavy atom. The van der Waals surface area contributed by atoms with Gasteiger partial charge in [0, 0.05) is 45.2 Å². The molecule has 2 aliphatic heterocycles. The summed E-state index contributed by atoms with van der Waals surface area (Å²) in [6, 6.07) is 7.31. The maximum absolute atomic E-state index is 13.0. The minimum atomic E-state index is -0.532. The molecule has 0 radical (unpaired) electrons. The van der Waals surface area contributed by atoms with Crippen molar-refractivity contribution in [2.45, 2.75) is 39.2 Å². The largest absolute Gasteiger partial charge is 0.339 e. The summed E-state index contributed by atoms with van der Waals surface area (Å²) >= 11 is 0. The SMILES string of the molecule is CC(=O)N1CCN(C(=O)[C@H](C)N2C(=O)CCCc3ccccc32)CC1. The van der Waals surface area contributed by atoms with Gasteiger partial charge in [0.15, 0.2) is 0 Å². The van der Waals surface area contributed by atoms with E-state index < -0.39 is 6.04 Å². The third kappa shape index (κ3) is 3.52. The van der Waals surface area contributed by atoms with E-state index in [0.717, 1.165) is 24.1 Å². The molecule has 6 nitrogen and oxygen atoms in total. The molecule has 2 aliphatic rings. The molecule has 6 heteroatoms. The fourth-order valence-electron chi connectivity index (χ4n) is 3.68. The van der Waals surface area contributed by atoms with E-state index in [1.807, 2.05) is 24.3 Å². The van der Waals surface area contributed by atoms with Gasteiger partial charge in [-0.05, 0) is 31.4 Å². The molecule has 1 fully saturated rings. The molecule has 1 atom stereocenters. The zero-order valence-electron chi connectivity index (χ0n) is 14.9. The van der Waals surface area contributed by atoms with Crippen molar-refractivity contribution in [2.75, 3.05) is 31.1 Å². The van der Waals surface area contributed by atoms with Crippen LogP contribution in [0.2, 0.25) is 0 Å². The molecule has 0 bridgehead atoms.